The number of hydrogen-bond acceptors (Lipinski definition) is 4. The number of likely N-dealkylation sites (N-methyl/N-ethyl adjacent to an activating group) is 1. The van der Waals surface area contributed by atoms with E-state index in [-0.39, 0.29) is 24.2 Å². The number of rotatable bonds is 6. The molecule has 1 heterocycles. The van der Waals surface area contributed by atoms with Crippen LogP contribution in [0.2, 0.25) is 5.02 Å². The fourth-order valence-electron chi connectivity index (χ4n) is 2.50. The normalized spacial score (nSPS) is 16.3. The molecule has 1 aliphatic heterocycles. The highest BCUT2D eigenvalue weighted by Crippen LogP contribution is 2.23. The van der Waals surface area contributed by atoms with E-state index < -0.39 is 6.04 Å². The van der Waals surface area contributed by atoms with Gasteiger partial charge in [0.15, 0.2) is 0 Å². The van der Waals surface area contributed by atoms with Crippen LogP contribution in [0.25, 0.3) is 0 Å². The summed E-state index contributed by atoms with van der Waals surface area (Å²) < 4.78 is 10.9. The van der Waals surface area contributed by atoms with Gasteiger partial charge >= 0.3 is 0 Å². The molecule has 1 unspecified atom stereocenters. The molecule has 1 atom stereocenters. The molecule has 130 valence electrons. The van der Waals surface area contributed by atoms with Gasteiger partial charge in [0.2, 0.25) is 5.91 Å². The van der Waals surface area contributed by atoms with Gasteiger partial charge in [0.05, 0.1) is 17.6 Å². The average Bonchev–Trinajstić information content (AvgIpc) is 2.56. The van der Waals surface area contributed by atoms with E-state index in [0.29, 0.717) is 37.1 Å². The first-order chi connectivity index (χ1) is 10.6. The fourth-order valence-corrected chi connectivity index (χ4v) is 2.69. The van der Waals surface area contributed by atoms with Crippen LogP contribution in [-0.4, -0.2) is 50.3 Å². The maximum Gasteiger partial charge on any atom is 0.239 e. The van der Waals surface area contributed by atoms with Crippen molar-refractivity contribution >= 4 is 29.9 Å². The molecule has 0 bridgehead atoms. The molecular formula is C16H24Cl2N2O3. The van der Waals surface area contributed by atoms with Crippen molar-refractivity contribution in [1.82, 2.24) is 4.90 Å². The number of nitrogens with two attached hydrogens (primary N) is 1. The quantitative estimate of drug-likeness (QED) is 0.843. The van der Waals surface area contributed by atoms with Crippen molar-refractivity contribution in [2.45, 2.75) is 18.9 Å². The third kappa shape index (κ3) is 5.84. The number of benzene rings is 1. The second kappa shape index (κ2) is 9.98. The van der Waals surface area contributed by atoms with Gasteiger partial charge in [-0.1, -0.05) is 23.7 Å². The zero-order valence-corrected chi connectivity index (χ0v) is 14.8. The van der Waals surface area contributed by atoms with Crippen molar-refractivity contribution in [1.29, 1.82) is 0 Å². The summed E-state index contributed by atoms with van der Waals surface area (Å²) in [4.78, 5) is 14.0. The second-order valence-electron chi connectivity index (χ2n) is 5.51. The van der Waals surface area contributed by atoms with Gasteiger partial charge < -0.3 is 20.1 Å². The highest BCUT2D eigenvalue weighted by Gasteiger charge is 2.28. The van der Waals surface area contributed by atoms with Gasteiger partial charge in [-0.25, -0.2) is 0 Å². The molecule has 2 rings (SSSR count). The summed E-state index contributed by atoms with van der Waals surface area (Å²) in [6.07, 6.45) is 1.69. The molecule has 0 radical (unpaired) electrons. The summed E-state index contributed by atoms with van der Waals surface area (Å²) in [5.41, 5.74) is 6.09. The van der Waals surface area contributed by atoms with Crippen LogP contribution in [0.1, 0.15) is 12.8 Å². The number of halogens is 2. The maximum absolute atomic E-state index is 12.3. The Morgan fingerprint density at radius 1 is 1.43 bits per heavy atom. The van der Waals surface area contributed by atoms with Crippen LogP contribution in [0.15, 0.2) is 24.3 Å². The highest BCUT2D eigenvalue weighted by atomic mass is 35.5. The first kappa shape index (κ1) is 20.0. The van der Waals surface area contributed by atoms with Crippen molar-refractivity contribution in [2.75, 3.05) is 33.4 Å². The standard InChI is InChI=1S/C16H23ClN2O3.ClH/c1-19(8-11-22-14-5-3-2-4-13(14)17)16(20)15(18)12-6-9-21-10-7-12;/h2-5,12,15H,6-11,18H2,1H3;1H. The van der Waals surface area contributed by atoms with Crippen molar-refractivity contribution in [2.24, 2.45) is 11.7 Å². The molecule has 5 nitrogen and oxygen atoms in total. The van der Waals surface area contributed by atoms with E-state index in [1.165, 1.54) is 0 Å². The Hall–Kier alpha value is -1.01. The van der Waals surface area contributed by atoms with Crippen LogP contribution in [-0.2, 0) is 9.53 Å². The van der Waals surface area contributed by atoms with Gasteiger partial charge in [-0.3, -0.25) is 4.79 Å². The minimum atomic E-state index is -0.464. The van der Waals surface area contributed by atoms with E-state index in [1.807, 2.05) is 12.1 Å². The lowest BCUT2D eigenvalue weighted by Gasteiger charge is -2.29. The lowest BCUT2D eigenvalue weighted by molar-refractivity contribution is -0.133. The average molecular weight is 363 g/mol. The Morgan fingerprint density at radius 3 is 2.74 bits per heavy atom. The summed E-state index contributed by atoms with van der Waals surface area (Å²) in [5, 5.41) is 0.565. The number of carbonyl (C=O) groups excluding carboxylic acids is 1. The first-order valence-corrected chi connectivity index (χ1v) is 7.93. The van der Waals surface area contributed by atoms with E-state index in [1.54, 1.807) is 24.1 Å². The van der Waals surface area contributed by atoms with Crippen LogP contribution in [0.4, 0.5) is 0 Å². The third-order valence-corrected chi connectivity index (χ3v) is 4.27. The molecule has 7 heteroatoms. The Bertz CT molecular complexity index is 496. The van der Waals surface area contributed by atoms with Gasteiger partial charge in [0, 0.05) is 20.3 Å². The largest absolute Gasteiger partial charge is 0.490 e. The van der Waals surface area contributed by atoms with Crippen molar-refractivity contribution in [3.8, 4) is 5.75 Å². The number of amides is 1. The van der Waals surface area contributed by atoms with Crippen LogP contribution in [0.5, 0.6) is 5.75 Å². The van der Waals surface area contributed by atoms with Gasteiger partial charge in [-0.15, -0.1) is 12.4 Å². The third-order valence-electron chi connectivity index (χ3n) is 3.96. The van der Waals surface area contributed by atoms with Gasteiger partial charge in [0.1, 0.15) is 12.4 Å². The predicted octanol–water partition coefficient (Wildman–Crippen LogP) is 2.35. The van der Waals surface area contributed by atoms with Gasteiger partial charge in [-0.05, 0) is 30.9 Å². The van der Waals surface area contributed by atoms with Crippen molar-refractivity contribution in [3.63, 3.8) is 0 Å². The molecule has 1 fully saturated rings. The van der Waals surface area contributed by atoms with Gasteiger partial charge in [-0.2, -0.15) is 0 Å². The molecule has 1 amide bonds. The van der Waals surface area contributed by atoms with Gasteiger partial charge in [0.25, 0.3) is 0 Å². The van der Waals surface area contributed by atoms with Crippen LogP contribution in [0, 0.1) is 5.92 Å². The SMILES string of the molecule is CN(CCOc1ccccc1Cl)C(=O)C(N)C1CCOCC1.Cl. The van der Waals surface area contributed by atoms with Crippen LogP contribution < -0.4 is 10.5 Å². The number of carbonyl (C=O) groups is 1. The molecule has 1 aromatic carbocycles. The topological polar surface area (TPSA) is 64.8 Å². The zero-order valence-electron chi connectivity index (χ0n) is 13.2. The maximum atomic E-state index is 12.3. The number of para-hydroxylation sites is 1. The summed E-state index contributed by atoms with van der Waals surface area (Å²) in [6, 6.07) is 6.81. The fraction of sp³-hybridized carbons (Fsp3) is 0.562. The Balaban J connectivity index is 0.00000264. The molecule has 1 saturated heterocycles. The molecule has 2 N–H and O–H groups in total. The van der Waals surface area contributed by atoms with E-state index in [2.05, 4.69) is 0 Å². The van der Waals surface area contributed by atoms with Crippen LogP contribution in [0.3, 0.4) is 0 Å². The first-order valence-electron chi connectivity index (χ1n) is 7.55. The minimum Gasteiger partial charge on any atom is -0.490 e. The minimum absolute atomic E-state index is 0. The van der Waals surface area contributed by atoms with E-state index in [4.69, 9.17) is 26.8 Å². The number of hydrogen-bond donors (Lipinski definition) is 1. The van der Waals surface area contributed by atoms with Crippen molar-refractivity contribution < 1.29 is 14.3 Å². The highest BCUT2D eigenvalue weighted by molar-refractivity contribution is 6.32. The summed E-state index contributed by atoms with van der Waals surface area (Å²) in [5.74, 6) is 0.779. The summed E-state index contributed by atoms with van der Waals surface area (Å²) in [7, 11) is 1.75. The molecule has 1 aliphatic rings. The molecule has 0 aliphatic carbocycles. The molecular weight excluding hydrogens is 339 g/mol. The summed E-state index contributed by atoms with van der Waals surface area (Å²) in [6.45, 7) is 2.23. The number of ether oxygens (including phenoxy) is 2. The Morgan fingerprint density at radius 2 is 2.09 bits per heavy atom. The molecule has 0 aromatic heterocycles. The Labute approximate surface area is 148 Å². The number of nitrogens with zero attached hydrogens (tertiary/aromatic N) is 1. The monoisotopic (exact) mass is 362 g/mol. The summed E-state index contributed by atoms with van der Waals surface area (Å²) >= 11 is 6.02. The lowest BCUT2D eigenvalue weighted by atomic mass is 9.91. The van der Waals surface area contributed by atoms with Crippen LogP contribution >= 0.6 is 24.0 Å². The van der Waals surface area contributed by atoms with E-state index >= 15 is 0 Å². The molecule has 1 aromatic rings. The van der Waals surface area contributed by atoms with E-state index in [9.17, 15) is 4.79 Å². The predicted molar refractivity (Wildman–Crippen MR) is 93.4 cm³/mol. The van der Waals surface area contributed by atoms with E-state index in [0.717, 1.165) is 12.8 Å². The zero-order chi connectivity index (χ0) is 15.9. The second-order valence-corrected chi connectivity index (χ2v) is 5.92. The molecule has 0 saturated carbocycles. The lowest BCUT2D eigenvalue weighted by Crippen LogP contribution is -2.48. The molecule has 23 heavy (non-hydrogen) atoms. The van der Waals surface area contributed by atoms with Crippen molar-refractivity contribution in [3.05, 3.63) is 29.3 Å². The molecule has 0 spiro atoms. The smallest absolute Gasteiger partial charge is 0.239 e. The Kier molecular flexibility index (Phi) is 8.69.